The van der Waals surface area contributed by atoms with E-state index in [0.717, 1.165) is 41.8 Å². The van der Waals surface area contributed by atoms with Crippen LogP contribution in [-0.2, 0) is 11.2 Å². The van der Waals surface area contributed by atoms with Crippen molar-refractivity contribution in [2.45, 2.75) is 44.7 Å². The van der Waals surface area contributed by atoms with Crippen LogP contribution in [-0.4, -0.2) is 36.4 Å². The molecule has 0 unspecified atom stereocenters. The van der Waals surface area contributed by atoms with Crippen molar-refractivity contribution in [1.82, 2.24) is 0 Å². The number of rotatable bonds is 6. The number of nitrogens with zero attached hydrogens (tertiary/aromatic N) is 1. The summed E-state index contributed by atoms with van der Waals surface area (Å²) in [4.78, 5) is 13.7. The lowest BCUT2D eigenvalue weighted by molar-refractivity contribution is -0.114. The number of alkyl halides is 1. The fourth-order valence-electron chi connectivity index (χ4n) is 3.85. The summed E-state index contributed by atoms with van der Waals surface area (Å²) in [6, 6.07) is 3.87. The third kappa shape index (κ3) is 4.59. The summed E-state index contributed by atoms with van der Waals surface area (Å²) in [5, 5.41) is 9.32. The number of carbonyl (C=O) groups excluding carboxylic acids is 1. The second kappa shape index (κ2) is 8.26. The van der Waals surface area contributed by atoms with Gasteiger partial charge < -0.3 is 14.7 Å². The predicted molar refractivity (Wildman–Crippen MR) is 106 cm³/mol. The highest BCUT2D eigenvalue weighted by molar-refractivity contribution is 6.01. The molecule has 1 saturated carbocycles. The summed E-state index contributed by atoms with van der Waals surface area (Å²) in [5.41, 5.74) is 1.68. The zero-order chi connectivity index (χ0) is 19.4. The lowest BCUT2D eigenvalue weighted by atomic mass is 9.81. The molecule has 0 saturated heterocycles. The van der Waals surface area contributed by atoms with Gasteiger partial charge in [-0.1, -0.05) is 18.7 Å². The van der Waals surface area contributed by atoms with Gasteiger partial charge in [0.1, 0.15) is 11.4 Å². The van der Waals surface area contributed by atoms with Gasteiger partial charge in [0.2, 0.25) is 5.91 Å². The number of aliphatic hydroxyl groups excluding tert-OH is 1. The Hall–Kier alpha value is -2.14. The highest BCUT2D eigenvalue weighted by Crippen LogP contribution is 2.38. The van der Waals surface area contributed by atoms with Crippen molar-refractivity contribution in [3.63, 3.8) is 0 Å². The van der Waals surface area contributed by atoms with Gasteiger partial charge in [-0.2, -0.15) is 0 Å². The average Bonchev–Trinajstić information content (AvgIpc) is 3.13. The van der Waals surface area contributed by atoms with Crippen molar-refractivity contribution in [3.05, 3.63) is 42.0 Å². The van der Waals surface area contributed by atoms with Crippen LogP contribution in [0.15, 0.2) is 30.9 Å². The van der Waals surface area contributed by atoms with Gasteiger partial charge in [-0.25, -0.2) is 4.39 Å². The molecule has 2 aliphatic rings. The number of benzene rings is 1. The lowest BCUT2D eigenvalue weighted by Crippen LogP contribution is -2.32. The molecule has 0 bridgehead atoms. The van der Waals surface area contributed by atoms with Crippen LogP contribution in [0.25, 0.3) is 6.08 Å². The van der Waals surface area contributed by atoms with Crippen LogP contribution in [0.5, 0.6) is 5.75 Å². The van der Waals surface area contributed by atoms with Crippen LogP contribution in [0.2, 0.25) is 0 Å². The van der Waals surface area contributed by atoms with Crippen molar-refractivity contribution in [3.8, 4) is 5.75 Å². The Morgan fingerprint density at radius 3 is 2.85 bits per heavy atom. The third-order valence-corrected chi connectivity index (χ3v) is 5.49. The van der Waals surface area contributed by atoms with Gasteiger partial charge in [0.25, 0.3) is 0 Å². The van der Waals surface area contributed by atoms with Crippen LogP contribution in [0.4, 0.5) is 10.1 Å². The van der Waals surface area contributed by atoms with Crippen molar-refractivity contribution >= 4 is 17.7 Å². The van der Waals surface area contributed by atoms with Crippen molar-refractivity contribution < 1.29 is 19.0 Å². The Morgan fingerprint density at radius 2 is 2.19 bits per heavy atom. The highest BCUT2D eigenvalue weighted by Gasteiger charge is 2.29. The number of halogens is 1. The topological polar surface area (TPSA) is 49.8 Å². The minimum Gasteiger partial charge on any atom is -0.492 e. The molecule has 1 fully saturated rings. The van der Waals surface area contributed by atoms with Crippen LogP contribution >= 0.6 is 0 Å². The van der Waals surface area contributed by atoms with E-state index < -0.39 is 5.67 Å². The fraction of sp³-hybridized carbons (Fsp3) is 0.500. The molecule has 1 aromatic rings. The molecular weight excluding hydrogens is 345 g/mol. The molecule has 1 amide bonds. The van der Waals surface area contributed by atoms with Gasteiger partial charge in [0.15, 0.2) is 0 Å². The Bertz CT molecular complexity index is 731. The molecule has 1 aliphatic heterocycles. The number of ether oxygens (including phenoxy) is 1. The number of allylic oxidation sites excluding steroid dienone is 1. The third-order valence-electron chi connectivity index (χ3n) is 5.49. The summed E-state index contributed by atoms with van der Waals surface area (Å²) in [5.74, 6) is 0.974. The number of anilines is 1. The first kappa shape index (κ1) is 19.6. The molecule has 0 atom stereocenters. The summed E-state index contributed by atoms with van der Waals surface area (Å²) < 4.78 is 19.8. The van der Waals surface area contributed by atoms with Crippen LogP contribution in [0.3, 0.4) is 0 Å². The van der Waals surface area contributed by atoms with Gasteiger partial charge >= 0.3 is 0 Å². The summed E-state index contributed by atoms with van der Waals surface area (Å²) in [6.45, 7) is 5.95. The number of fused-ring (bicyclic) bond motifs is 1. The smallest absolute Gasteiger partial charge is 0.250 e. The normalized spacial score (nSPS) is 24.5. The maximum Gasteiger partial charge on any atom is 0.250 e. The quantitative estimate of drug-likeness (QED) is 0.765. The lowest BCUT2D eigenvalue weighted by Gasteiger charge is -2.29. The van der Waals surface area contributed by atoms with E-state index in [9.17, 15) is 14.3 Å². The van der Waals surface area contributed by atoms with Crippen LogP contribution in [0.1, 0.15) is 43.7 Å². The van der Waals surface area contributed by atoms with E-state index in [1.165, 1.54) is 11.0 Å². The Labute approximate surface area is 160 Å². The zero-order valence-electron chi connectivity index (χ0n) is 15.9. The van der Waals surface area contributed by atoms with Crippen molar-refractivity contribution in [2.24, 2.45) is 5.92 Å². The van der Waals surface area contributed by atoms with E-state index in [1.54, 1.807) is 6.92 Å². The monoisotopic (exact) mass is 373 g/mol. The van der Waals surface area contributed by atoms with Gasteiger partial charge in [0.05, 0.1) is 13.2 Å². The average molecular weight is 373 g/mol. The molecular formula is C22H28FNO3. The SMILES string of the molecule is C=CC(=O)N(CCO)c1cc(/C=C/C2CCC(C)(F)CC2)c2c(c1)CCO2. The Kier molecular flexibility index (Phi) is 6.00. The van der Waals surface area contributed by atoms with Crippen molar-refractivity contribution in [1.29, 1.82) is 0 Å². The second-order valence-corrected chi connectivity index (χ2v) is 7.65. The summed E-state index contributed by atoms with van der Waals surface area (Å²) in [7, 11) is 0. The van der Waals surface area contributed by atoms with Gasteiger partial charge in [-0.3, -0.25) is 4.79 Å². The van der Waals surface area contributed by atoms with Gasteiger partial charge in [0, 0.05) is 29.8 Å². The standard InChI is InChI=1S/C22H28FNO3/c1-3-20(26)24(11-12-25)19-14-17(21-18(15-19)8-13-27-21)5-4-16-6-9-22(2,23)10-7-16/h3-5,14-16,25H,1,6-13H2,2H3/b5-4+. The Balaban J connectivity index is 1.86. The first-order chi connectivity index (χ1) is 12.9. The number of hydrogen-bond acceptors (Lipinski definition) is 3. The largest absolute Gasteiger partial charge is 0.492 e. The highest BCUT2D eigenvalue weighted by atomic mass is 19.1. The maximum absolute atomic E-state index is 14.0. The number of aliphatic hydroxyl groups is 1. The molecule has 5 heteroatoms. The molecule has 0 aromatic heterocycles. The molecule has 1 aromatic carbocycles. The number of hydrogen-bond donors (Lipinski definition) is 1. The molecule has 3 rings (SSSR count). The molecule has 1 heterocycles. The molecule has 0 radical (unpaired) electrons. The minimum absolute atomic E-state index is 0.123. The second-order valence-electron chi connectivity index (χ2n) is 7.65. The molecule has 1 N–H and O–H groups in total. The van der Waals surface area contributed by atoms with E-state index in [-0.39, 0.29) is 19.1 Å². The van der Waals surface area contributed by atoms with Crippen LogP contribution in [0, 0.1) is 5.92 Å². The van der Waals surface area contributed by atoms with Crippen molar-refractivity contribution in [2.75, 3.05) is 24.7 Å². The number of carbonyl (C=O) groups is 1. The first-order valence-corrected chi connectivity index (χ1v) is 9.65. The van der Waals surface area contributed by atoms with E-state index in [2.05, 4.69) is 12.7 Å². The van der Waals surface area contributed by atoms with E-state index in [0.29, 0.717) is 25.4 Å². The molecule has 0 spiro atoms. The predicted octanol–water partition coefficient (Wildman–Crippen LogP) is 4.06. The maximum atomic E-state index is 14.0. The number of amides is 1. The van der Waals surface area contributed by atoms with Gasteiger partial charge in [-0.05, 0) is 56.7 Å². The molecule has 4 nitrogen and oxygen atoms in total. The fourth-order valence-corrected chi connectivity index (χ4v) is 3.85. The summed E-state index contributed by atoms with van der Waals surface area (Å²) in [6.07, 6.45) is 9.10. The van der Waals surface area contributed by atoms with E-state index >= 15 is 0 Å². The van der Waals surface area contributed by atoms with E-state index in [4.69, 9.17) is 4.74 Å². The van der Waals surface area contributed by atoms with Gasteiger partial charge in [-0.15, -0.1) is 0 Å². The molecule has 1 aliphatic carbocycles. The minimum atomic E-state index is -1.04. The molecule has 27 heavy (non-hydrogen) atoms. The van der Waals surface area contributed by atoms with Crippen LogP contribution < -0.4 is 9.64 Å². The first-order valence-electron chi connectivity index (χ1n) is 9.65. The van der Waals surface area contributed by atoms with E-state index in [1.807, 2.05) is 18.2 Å². The Morgan fingerprint density at radius 1 is 1.44 bits per heavy atom. The zero-order valence-corrected chi connectivity index (χ0v) is 15.9. The summed E-state index contributed by atoms with van der Waals surface area (Å²) >= 11 is 0. The molecule has 146 valence electrons.